The maximum absolute atomic E-state index is 14.3. The van der Waals surface area contributed by atoms with Crippen LogP contribution in [-0.2, 0) is 60.8 Å². The Morgan fingerprint density at radius 3 is 1.54 bits per heavy atom. The number of aliphatic imine (C=N–C) groups is 2. The van der Waals surface area contributed by atoms with Crippen LogP contribution in [0.1, 0.15) is 94.6 Å². The first-order valence-electron chi connectivity index (χ1n) is 28.9. The fourth-order valence-electron chi connectivity index (χ4n) is 10.6. The maximum Gasteiger partial charge on any atom is 0.326 e. The van der Waals surface area contributed by atoms with E-state index in [-0.39, 0.29) is 89.6 Å². The minimum absolute atomic E-state index is 0.0304. The van der Waals surface area contributed by atoms with Gasteiger partial charge in [-0.1, -0.05) is 67.1 Å². The topological polar surface area (TPSA) is 474 Å². The molecule has 5 rings (SSSR count). The predicted molar refractivity (Wildman–Crippen MR) is 313 cm³/mol. The van der Waals surface area contributed by atoms with E-state index < -0.39 is 127 Å². The number of carbonyl (C=O) groups is 10. The van der Waals surface area contributed by atoms with Crippen molar-refractivity contribution < 1.29 is 58.2 Å². The lowest BCUT2D eigenvalue weighted by Crippen LogP contribution is -2.60. The highest BCUT2D eigenvalue weighted by molar-refractivity contribution is 5.98. The molecule has 0 spiro atoms. The zero-order valence-corrected chi connectivity index (χ0v) is 47.9. The van der Waals surface area contributed by atoms with E-state index in [0.717, 1.165) is 0 Å². The molecule has 9 amide bonds. The van der Waals surface area contributed by atoms with Gasteiger partial charge in [0.1, 0.15) is 48.3 Å². The van der Waals surface area contributed by atoms with Crippen molar-refractivity contribution in [1.29, 1.82) is 0 Å². The normalized spacial score (nSPS) is 18.5. The second-order valence-electron chi connectivity index (χ2n) is 21.3. The molecule has 0 saturated carbocycles. The molecule has 9 atom stereocenters. The van der Waals surface area contributed by atoms with E-state index in [1.807, 2.05) is 0 Å². The average Bonchev–Trinajstić information content (AvgIpc) is 2.84. The van der Waals surface area contributed by atoms with Gasteiger partial charge in [0.15, 0.2) is 11.9 Å². The molecule has 466 valence electrons. The molecule has 3 heterocycles. The first kappa shape index (κ1) is 67.4. The number of nitrogens with one attached hydrogen (secondary N) is 6. The van der Waals surface area contributed by atoms with Gasteiger partial charge in [0.2, 0.25) is 53.2 Å². The molecule has 3 aliphatic rings. The third-order valence-corrected chi connectivity index (χ3v) is 15.0. The van der Waals surface area contributed by atoms with Crippen LogP contribution in [0.2, 0.25) is 0 Å². The Hall–Kier alpha value is -8.44. The van der Waals surface area contributed by atoms with E-state index in [1.54, 1.807) is 60.7 Å². The van der Waals surface area contributed by atoms with Gasteiger partial charge in [-0.2, -0.15) is 0 Å². The summed E-state index contributed by atoms with van der Waals surface area (Å²) in [6.07, 6.45) is 4.09. The minimum atomic E-state index is -1.61. The van der Waals surface area contributed by atoms with Crippen molar-refractivity contribution in [2.45, 2.75) is 151 Å². The summed E-state index contributed by atoms with van der Waals surface area (Å²) < 4.78 is 0. The molecule has 29 nitrogen and oxygen atoms in total. The lowest BCUT2D eigenvalue weighted by atomic mass is 10.0. The molecular formula is C56H85N17O12. The van der Waals surface area contributed by atoms with Crippen LogP contribution < -0.4 is 66.3 Å². The summed E-state index contributed by atoms with van der Waals surface area (Å²) in [6.45, 7) is -0.375. The molecule has 0 unspecified atom stereocenters. The number of nitrogens with two attached hydrogens (primary N) is 6. The van der Waals surface area contributed by atoms with Crippen LogP contribution in [0.4, 0.5) is 0 Å². The standard InChI is InChI=1S/C56H85N17O12/c57-24-8-7-18-36(58)46(76)67-37(19-9-25-63-55(59)60)51(81)73-29-13-23-44(73)53(83)72-28-11-21-42(72)49(79)65-32-45(75)66-39(30-34-14-3-1-4-15-34)47(77)70-41(33-74)52(82)71-27-12-22-43(71)50(80)69-40(31-35-16-5-2-6-17-35)48(78)68-38(54(84)85)20-10-26-64-56(61)62/h1-6,14-17,36-44,74H,7-13,18-33,57-58H2,(H,65,79)(H,66,75)(H,67,76)(H,68,78)(H,69,80)(H,70,77)(H,84,85)(H4,59,60,63)(H4,61,62,64)/t36-,37-,38-,39-,40-,41-,42-,43-,44-/m0/s1. The number of hydrogen-bond acceptors (Lipinski definition) is 15. The number of benzene rings is 2. The summed E-state index contributed by atoms with van der Waals surface area (Å²) >= 11 is 0. The second kappa shape index (κ2) is 34.4. The monoisotopic (exact) mass is 1190 g/mol. The number of rotatable bonds is 33. The second-order valence-corrected chi connectivity index (χ2v) is 21.3. The Balaban J connectivity index is 1.22. The molecule has 0 aromatic heterocycles. The number of amides is 9. The number of aliphatic hydroxyl groups is 1. The fraction of sp³-hybridized carbons (Fsp3) is 0.571. The first-order valence-corrected chi connectivity index (χ1v) is 28.9. The summed E-state index contributed by atoms with van der Waals surface area (Å²) in [5, 5.41) is 36.2. The van der Waals surface area contributed by atoms with E-state index >= 15 is 0 Å². The van der Waals surface area contributed by atoms with Gasteiger partial charge in [-0.15, -0.1) is 0 Å². The van der Waals surface area contributed by atoms with Gasteiger partial charge in [0.05, 0.1) is 19.2 Å². The van der Waals surface area contributed by atoms with Crippen LogP contribution in [0.5, 0.6) is 0 Å². The van der Waals surface area contributed by atoms with Crippen molar-refractivity contribution in [3.05, 3.63) is 71.8 Å². The van der Waals surface area contributed by atoms with E-state index in [0.29, 0.717) is 69.0 Å². The quantitative estimate of drug-likeness (QED) is 0.0182. The molecule has 85 heavy (non-hydrogen) atoms. The van der Waals surface area contributed by atoms with Gasteiger partial charge in [-0.05, 0) is 94.7 Å². The average molecular weight is 1190 g/mol. The van der Waals surface area contributed by atoms with Crippen LogP contribution in [0.3, 0.4) is 0 Å². The molecule has 29 heteroatoms. The number of aliphatic carboxylic acids is 1. The van der Waals surface area contributed by atoms with Crippen molar-refractivity contribution in [1.82, 2.24) is 46.6 Å². The number of guanidine groups is 2. The highest BCUT2D eigenvalue weighted by Crippen LogP contribution is 2.27. The number of carboxylic acids is 1. The van der Waals surface area contributed by atoms with Gasteiger partial charge in [-0.25, -0.2) is 4.79 Å². The van der Waals surface area contributed by atoms with Gasteiger partial charge < -0.3 is 91.2 Å². The van der Waals surface area contributed by atoms with Gasteiger partial charge in [0.25, 0.3) is 0 Å². The summed E-state index contributed by atoms with van der Waals surface area (Å²) in [6, 6.07) is 6.55. The lowest BCUT2D eigenvalue weighted by molar-refractivity contribution is -0.148. The number of hydrogen-bond donors (Lipinski definition) is 14. The van der Waals surface area contributed by atoms with Crippen molar-refractivity contribution in [2.24, 2.45) is 44.4 Å². The van der Waals surface area contributed by atoms with Crippen LogP contribution in [0, 0.1) is 0 Å². The smallest absolute Gasteiger partial charge is 0.326 e. The Labute approximate surface area is 493 Å². The van der Waals surface area contributed by atoms with Crippen LogP contribution >= 0.6 is 0 Å². The summed E-state index contributed by atoms with van der Waals surface area (Å²) in [5.74, 6) is -7.85. The number of carboxylic acid groups (broad SMARTS) is 1. The SMILES string of the molecule is NCCCC[C@H](N)C(=O)N[C@@H](CCCN=C(N)N)C(=O)N1CCC[C@H]1C(=O)N1CCC[C@H]1C(=O)NCC(=O)N[C@@H](Cc1ccccc1)C(=O)N[C@@H](CO)C(=O)N1CCC[C@H]1C(=O)N[C@@H](Cc1ccccc1)C(=O)N[C@@H](CCCN=C(N)N)C(=O)O. The fourth-order valence-corrected chi connectivity index (χ4v) is 10.6. The molecular weight excluding hydrogens is 1100 g/mol. The minimum Gasteiger partial charge on any atom is -0.480 e. The third-order valence-electron chi connectivity index (χ3n) is 15.0. The largest absolute Gasteiger partial charge is 0.480 e. The van der Waals surface area contributed by atoms with E-state index in [2.05, 4.69) is 41.9 Å². The number of aliphatic hydroxyl groups excluding tert-OH is 1. The zero-order valence-electron chi connectivity index (χ0n) is 47.9. The highest BCUT2D eigenvalue weighted by atomic mass is 16.4. The summed E-state index contributed by atoms with van der Waals surface area (Å²) in [5.41, 5.74) is 34.7. The first-order chi connectivity index (χ1) is 40.7. The van der Waals surface area contributed by atoms with E-state index in [4.69, 9.17) is 34.4 Å². The molecule has 0 bridgehead atoms. The van der Waals surface area contributed by atoms with Gasteiger partial charge in [-0.3, -0.25) is 53.1 Å². The lowest BCUT2D eigenvalue weighted by Gasteiger charge is -2.33. The Bertz CT molecular complexity index is 2660. The molecule has 2 aromatic rings. The number of unbranched alkanes of at least 4 members (excludes halogenated alkanes) is 1. The number of carbonyl (C=O) groups excluding carboxylic acids is 9. The molecule has 2 aromatic carbocycles. The van der Waals surface area contributed by atoms with Crippen molar-refractivity contribution >= 4 is 71.1 Å². The summed E-state index contributed by atoms with van der Waals surface area (Å²) in [7, 11) is 0. The molecule has 0 radical (unpaired) electrons. The molecule has 20 N–H and O–H groups in total. The van der Waals surface area contributed by atoms with Crippen molar-refractivity contribution in [3.63, 3.8) is 0 Å². The Morgan fingerprint density at radius 2 is 1.01 bits per heavy atom. The zero-order chi connectivity index (χ0) is 62.0. The van der Waals surface area contributed by atoms with Crippen molar-refractivity contribution in [2.75, 3.05) is 52.4 Å². The van der Waals surface area contributed by atoms with Crippen molar-refractivity contribution in [3.8, 4) is 0 Å². The van der Waals surface area contributed by atoms with Gasteiger partial charge in [0, 0.05) is 45.6 Å². The number of likely N-dealkylation sites (tertiary alicyclic amines) is 3. The van der Waals surface area contributed by atoms with Crippen LogP contribution in [0.15, 0.2) is 70.6 Å². The van der Waals surface area contributed by atoms with Crippen LogP contribution in [-0.4, -0.2) is 203 Å². The molecule has 0 aliphatic carbocycles. The third kappa shape index (κ3) is 21.0. The summed E-state index contributed by atoms with van der Waals surface area (Å²) in [4.78, 5) is 150. The molecule has 3 aliphatic heterocycles. The van der Waals surface area contributed by atoms with E-state index in [1.165, 1.54) is 14.7 Å². The Morgan fingerprint density at radius 1 is 0.541 bits per heavy atom. The van der Waals surface area contributed by atoms with Gasteiger partial charge >= 0.3 is 5.97 Å². The Kier molecular flexibility index (Phi) is 27.2. The molecule has 3 saturated heterocycles. The highest BCUT2D eigenvalue weighted by Gasteiger charge is 2.44. The maximum atomic E-state index is 14.3. The van der Waals surface area contributed by atoms with Crippen LogP contribution in [0.25, 0.3) is 0 Å². The predicted octanol–water partition coefficient (Wildman–Crippen LogP) is -4.37. The molecule has 3 fully saturated rings. The number of nitrogens with zero attached hydrogens (tertiary/aromatic N) is 5. The van der Waals surface area contributed by atoms with E-state index in [9.17, 15) is 58.2 Å².